The number of ether oxygens (including phenoxy) is 2. The Bertz CT molecular complexity index is 630. The number of carboxylic acids is 1. The number of nitro groups is 1. The summed E-state index contributed by atoms with van der Waals surface area (Å²) in [7, 11) is 1.36. The van der Waals surface area contributed by atoms with Gasteiger partial charge in [-0.2, -0.15) is 0 Å². The Hall–Kier alpha value is -2.84. The molecule has 0 aliphatic heterocycles. The van der Waals surface area contributed by atoms with Crippen molar-refractivity contribution < 1.29 is 29.1 Å². The molecule has 1 rings (SSSR count). The van der Waals surface area contributed by atoms with Crippen molar-refractivity contribution in [1.29, 1.82) is 0 Å². The van der Waals surface area contributed by atoms with Gasteiger partial charge in [0.15, 0.2) is 11.5 Å². The molecule has 0 fully saturated rings. The number of benzene rings is 1. The van der Waals surface area contributed by atoms with Gasteiger partial charge < -0.3 is 19.9 Å². The van der Waals surface area contributed by atoms with E-state index in [2.05, 4.69) is 5.32 Å². The average Bonchev–Trinajstić information content (AvgIpc) is 2.51. The number of nitrogens with zero attached hydrogens (tertiary/aromatic N) is 1. The first kappa shape index (κ1) is 19.2. The summed E-state index contributed by atoms with van der Waals surface area (Å²) in [5, 5.41) is 22.4. The number of methoxy groups -OCH3 is 1. The molecular formula is C15H20N2O7. The predicted molar refractivity (Wildman–Crippen MR) is 84.6 cm³/mol. The van der Waals surface area contributed by atoms with Crippen LogP contribution in [0.1, 0.15) is 30.6 Å². The van der Waals surface area contributed by atoms with Crippen LogP contribution in [0.2, 0.25) is 0 Å². The summed E-state index contributed by atoms with van der Waals surface area (Å²) in [6.07, 6.45) is -0.116. The molecule has 0 heterocycles. The van der Waals surface area contributed by atoms with Gasteiger partial charge in [-0.25, -0.2) is 0 Å². The highest BCUT2D eigenvalue weighted by Gasteiger charge is 2.25. The molecule has 24 heavy (non-hydrogen) atoms. The summed E-state index contributed by atoms with van der Waals surface area (Å²) in [5.74, 6) is -1.60. The zero-order valence-corrected chi connectivity index (χ0v) is 13.7. The highest BCUT2D eigenvalue weighted by Crippen LogP contribution is 2.34. The molecule has 9 nitrogen and oxygen atoms in total. The molecule has 0 aromatic heterocycles. The molecule has 0 aliphatic carbocycles. The second-order valence-corrected chi connectivity index (χ2v) is 5.12. The van der Waals surface area contributed by atoms with Crippen LogP contribution in [0.4, 0.5) is 5.69 Å². The summed E-state index contributed by atoms with van der Waals surface area (Å²) in [6, 6.07) is 2.37. The van der Waals surface area contributed by atoms with Crippen LogP contribution in [0.25, 0.3) is 0 Å². The third-order valence-electron chi connectivity index (χ3n) is 3.16. The first-order valence-corrected chi connectivity index (χ1v) is 7.29. The van der Waals surface area contributed by atoms with Crippen LogP contribution in [0.5, 0.6) is 11.5 Å². The Morgan fingerprint density at radius 1 is 1.38 bits per heavy atom. The van der Waals surface area contributed by atoms with Gasteiger partial charge in [-0.1, -0.05) is 6.92 Å². The van der Waals surface area contributed by atoms with Gasteiger partial charge in [0.2, 0.25) is 0 Å². The fourth-order valence-electron chi connectivity index (χ4n) is 2.04. The summed E-state index contributed by atoms with van der Waals surface area (Å²) in [4.78, 5) is 33.4. The van der Waals surface area contributed by atoms with Crippen LogP contribution in [0, 0.1) is 16.0 Å². The number of hydrogen-bond donors (Lipinski definition) is 2. The minimum Gasteiger partial charge on any atom is -0.493 e. The second kappa shape index (κ2) is 8.70. The Balaban J connectivity index is 3.05. The van der Waals surface area contributed by atoms with E-state index < -0.39 is 22.5 Å². The normalized spacial score (nSPS) is 11.5. The van der Waals surface area contributed by atoms with Gasteiger partial charge in [0.05, 0.1) is 24.7 Å². The molecule has 1 unspecified atom stereocenters. The van der Waals surface area contributed by atoms with E-state index in [0.29, 0.717) is 0 Å². The lowest BCUT2D eigenvalue weighted by molar-refractivity contribution is -0.385. The van der Waals surface area contributed by atoms with Crippen LogP contribution in [-0.4, -0.2) is 42.2 Å². The van der Waals surface area contributed by atoms with Crippen molar-refractivity contribution in [3.8, 4) is 11.5 Å². The number of carbonyl (C=O) groups excluding carboxylic acids is 1. The van der Waals surface area contributed by atoms with Crippen molar-refractivity contribution >= 4 is 17.6 Å². The fraction of sp³-hybridized carbons (Fsp3) is 0.467. The number of nitrogens with one attached hydrogen (secondary N) is 1. The van der Waals surface area contributed by atoms with Crippen molar-refractivity contribution in [3.05, 3.63) is 27.8 Å². The van der Waals surface area contributed by atoms with Crippen molar-refractivity contribution in [3.63, 3.8) is 0 Å². The van der Waals surface area contributed by atoms with Crippen LogP contribution >= 0.6 is 0 Å². The third kappa shape index (κ3) is 5.11. The number of hydrogen-bond acceptors (Lipinski definition) is 6. The lowest BCUT2D eigenvalue weighted by Crippen LogP contribution is -2.29. The molecule has 1 aromatic rings. The molecule has 0 radical (unpaired) electrons. The molecule has 0 aliphatic rings. The molecule has 0 saturated carbocycles. The highest BCUT2D eigenvalue weighted by atomic mass is 16.6. The molecule has 9 heteroatoms. The zero-order chi connectivity index (χ0) is 18.3. The average molecular weight is 340 g/mol. The Labute approximate surface area is 138 Å². The van der Waals surface area contributed by atoms with Gasteiger partial charge in [0, 0.05) is 19.0 Å². The Morgan fingerprint density at radius 3 is 2.54 bits per heavy atom. The van der Waals surface area contributed by atoms with Gasteiger partial charge >= 0.3 is 5.97 Å². The number of aliphatic carboxylic acids is 1. The zero-order valence-electron chi connectivity index (χ0n) is 13.7. The van der Waals surface area contributed by atoms with Gasteiger partial charge in [0.25, 0.3) is 11.6 Å². The maximum atomic E-state index is 12.2. The molecule has 0 spiro atoms. The smallest absolute Gasteiger partial charge is 0.303 e. The van der Waals surface area contributed by atoms with Crippen LogP contribution < -0.4 is 14.8 Å². The third-order valence-corrected chi connectivity index (χ3v) is 3.16. The molecule has 1 atom stereocenters. The first-order valence-electron chi connectivity index (χ1n) is 7.29. The Morgan fingerprint density at radius 2 is 2.04 bits per heavy atom. The maximum Gasteiger partial charge on any atom is 0.303 e. The van der Waals surface area contributed by atoms with E-state index >= 15 is 0 Å². The van der Waals surface area contributed by atoms with E-state index in [1.165, 1.54) is 13.2 Å². The van der Waals surface area contributed by atoms with Gasteiger partial charge in [-0.3, -0.25) is 19.7 Å². The van der Waals surface area contributed by atoms with E-state index in [9.17, 15) is 19.7 Å². The SMILES string of the molecule is CCOc1cc([N+](=O)[O-])c(C(=O)NCC(C)CC(=O)O)cc1OC. The maximum absolute atomic E-state index is 12.2. The molecule has 0 bridgehead atoms. The summed E-state index contributed by atoms with van der Waals surface area (Å²) in [6.45, 7) is 3.74. The van der Waals surface area contributed by atoms with E-state index in [1.807, 2.05) is 0 Å². The second-order valence-electron chi connectivity index (χ2n) is 5.12. The van der Waals surface area contributed by atoms with Gasteiger partial charge in [-0.15, -0.1) is 0 Å². The molecule has 1 amide bonds. The standard InChI is InChI=1S/C15H20N2O7/c1-4-24-13-7-11(17(21)22)10(6-12(13)23-3)15(20)16-8-9(2)5-14(18)19/h6-7,9H,4-5,8H2,1-3H3,(H,16,20)(H,18,19). The van der Waals surface area contributed by atoms with Crippen molar-refractivity contribution in [2.45, 2.75) is 20.3 Å². The van der Waals surface area contributed by atoms with E-state index in [4.69, 9.17) is 14.6 Å². The molecule has 1 aromatic carbocycles. The minimum absolute atomic E-state index is 0.0812. The number of nitro benzene ring substituents is 1. The van der Waals surface area contributed by atoms with Crippen LogP contribution in [0.15, 0.2) is 12.1 Å². The number of rotatable bonds is 9. The topological polar surface area (TPSA) is 128 Å². The lowest BCUT2D eigenvalue weighted by atomic mass is 10.1. The summed E-state index contributed by atoms with van der Waals surface area (Å²) in [5.41, 5.74) is -0.592. The molecular weight excluding hydrogens is 320 g/mol. The summed E-state index contributed by atoms with van der Waals surface area (Å²) >= 11 is 0. The predicted octanol–water partition coefficient (Wildman–Crippen LogP) is 1.84. The van der Waals surface area contributed by atoms with E-state index in [-0.39, 0.29) is 42.6 Å². The molecule has 2 N–H and O–H groups in total. The number of carboxylic acid groups (broad SMARTS) is 1. The largest absolute Gasteiger partial charge is 0.493 e. The van der Waals surface area contributed by atoms with Crippen LogP contribution in [0.3, 0.4) is 0 Å². The molecule has 132 valence electrons. The monoisotopic (exact) mass is 340 g/mol. The minimum atomic E-state index is -0.981. The number of carbonyl (C=O) groups is 2. The van der Waals surface area contributed by atoms with Gasteiger partial charge in [0.1, 0.15) is 5.56 Å². The van der Waals surface area contributed by atoms with Crippen molar-refractivity contribution in [1.82, 2.24) is 5.32 Å². The lowest BCUT2D eigenvalue weighted by Gasteiger charge is -2.13. The first-order chi connectivity index (χ1) is 11.3. The molecule has 0 saturated heterocycles. The van der Waals surface area contributed by atoms with Crippen molar-refractivity contribution in [2.24, 2.45) is 5.92 Å². The number of amides is 1. The summed E-state index contributed by atoms with van der Waals surface area (Å²) < 4.78 is 10.4. The van der Waals surface area contributed by atoms with Crippen LogP contribution in [-0.2, 0) is 4.79 Å². The fourth-order valence-corrected chi connectivity index (χ4v) is 2.04. The quantitative estimate of drug-likeness (QED) is 0.518. The van der Waals surface area contributed by atoms with E-state index in [1.54, 1.807) is 13.8 Å². The van der Waals surface area contributed by atoms with Gasteiger partial charge in [-0.05, 0) is 12.8 Å². The highest BCUT2D eigenvalue weighted by molar-refractivity contribution is 5.99. The van der Waals surface area contributed by atoms with Crippen molar-refractivity contribution in [2.75, 3.05) is 20.3 Å². The van der Waals surface area contributed by atoms with E-state index in [0.717, 1.165) is 6.07 Å². The Kier molecular flexibility index (Phi) is 6.97.